The second-order valence-corrected chi connectivity index (χ2v) is 6.50. The van der Waals surface area contributed by atoms with Crippen LogP contribution >= 0.6 is 0 Å². The normalized spacial score (nSPS) is 16.9. The molecule has 1 fully saturated rings. The molecule has 1 aliphatic rings. The number of nitrogens with zero attached hydrogens (tertiary/aromatic N) is 3. The molecular formula is C18H18F3N5O2. The van der Waals surface area contributed by atoms with Gasteiger partial charge < -0.3 is 10.2 Å². The number of aromatic nitrogens is 3. The molecule has 2 aromatic rings. The second-order valence-electron chi connectivity index (χ2n) is 6.50. The average Bonchev–Trinajstić information content (AvgIpc) is 3.29. The Morgan fingerprint density at radius 1 is 1.36 bits per heavy atom. The molecule has 7 nitrogen and oxygen atoms in total. The highest BCUT2D eigenvalue weighted by molar-refractivity contribution is 5.95. The molecule has 148 valence electrons. The fourth-order valence-electron chi connectivity index (χ4n) is 3.01. The summed E-state index contributed by atoms with van der Waals surface area (Å²) in [6.45, 7) is 5.62. The van der Waals surface area contributed by atoms with Gasteiger partial charge >= 0.3 is 6.18 Å². The van der Waals surface area contributed by atoms with E-state index in [9.17, 15) is 22.8 Å². The van der Waals surface area contributed by atoms with Crippen molar-refractivity contribution in [1.82, 2.24) is 20.1 Å². The van der Waals surface area contributed by atoms with E-state index >= 15 is 0 Å². The first-order valence-electron chi connectivity index (χ1n) is 8.51. The summed E-state index contributed by atoms with van der Waals surface area (Å²) in [6.07, 6.45) is -3.00. The van der Waals surface area contributed by atoms with Crippen LogP contribution in [0.1, 0.15) is 17.8 Å². The molecule has 2 N–H and O–H groups in total. The number of hydrogen-bond acceptors (Lipinski definition) is 4. The van der Waals surface area contributed by atoms with E-state index in [1.165, 1.54) is 11.0 Å². The van der Waals surface area contributed by atoms with Gasteiger partial charge in [0.15, 0.2) is 5.82 Å². The van der Waals surface area contributed by atoms with Gasteiger partial charge in [-0.05, 0) is 37.6 Å². The van der Waals surface area contributed by atoms with Crippen molar-refractivity contribution in [1.29, 1.82) is 0 Å². The fourth-order valence-corrected chi connectivity index (χ4v) is 3.01. The third kappa shape index (κ3) is 4.21. The van der Waals surface area contributed by atoms with E-state index in [1.807, 2.05) is 0 Å². The van der Waals surface area contributed by atoms with Crippen molar-refractivity contribution in [2.45, 2.75) is 19.5 Å². The van der Waals surface area contributed by atoms with E-state index in [-0.39, 0.29) is 29.5 Å². The monoisotopic (exact) mass is 393 g/mol. The highest BCUT2D eigenvalue weighted by Crippen LogP contribution is 2.34. The predicted octanol–water partition coefficient (Wildman–Crippen LogP) is 2.77. The Bertz CT molecular complexity index is 922. The number of H-pyrrole nitrogens is 1. The molecule has 0 spiro atoms. The maximum atomic E-state index is 13.3. The highest BCUT2D eigenvalue weighted by Gasteiger charge is 2.33. The SMILES string of the molecule is C=CC(=O)N1CCC(C(=O)Nc2cc(-c3n[nH]c(C)n3)cc(C(F)(F)F)c2)C1. The molecule has 2 amide bonds. The van der Waals surface area contributed by atoms with Gasteiger partial charge in [0.25, 0.3) is 0 Å². The lowest BCUT2D eigenvalue weighted by atomic mass is 10.1. The molecule has 0 aliphatic carbocycles. The molecule has 0 bridgehead atoms. The van der Waals surface area contributed by atoms with Gasteiger partial charge in [0.2, 0.25) is 11.8 Å². The lowest BCUT2D eigenvalue weighted by Crippen LogP contribution is -2.30. The minimum absolute atomic E-state index is 0.00854. The van der Waals surface area contributed by atoms with E-state index < -0.39 is 23.6 Å². The number of rotatable bonds is 4. The first-order chi connectivity index (χ1) is 13.2. The van der Waals surface area contributed by atoms with Crippen molar-refractivity contribution in [3.05, 3.63) is 42.2 Å². The molecule has 1 saturated heterocycles. The maximum Gasteiger partial charge on any atom is 0.416 e. The van der Waals surface area contributed by atoms with E-state index in [2.05, 4.69) is 27.1 Å². The van der Waals surface area contributed by atoms with Crippen LogP contribution in [0.25, 0.3) is 11.4 Å². The van der Waals surface area contributed by atoms with Crippen molar-refractivity contribution in [3.63, 3.8) is 0 Å². The Labute approximate surface area is 158 Å². The van der Waals surface area contributed by atoms with E-state index in [1.54, 1.807) is 6.92 Å². The Kier molecular flexibility index (Phi) is 5.21. The van der Waals surface area contributed by atoms with Gasteiger partial charge in [0, 0.05) is 24.3 Å². The van der Waals surface area contributed by atoms with Crippen LogP contribution in [0.3, 0.4) is 0 Å². The molecule has 28 heavy (non-hydrogen) atoms. The summed E-state index contributed by atoms with van der Waals surface area (Å²) >= 11 is 0. The van der Waals surface area contributed by atoms with Crippen molar-refractivity contribution >= 4 is 17.5 Å². The molecule has 3 rings (SSSR count). The largest absolute Gasteiger partial charge is 0.416 e. The first-order valence-corrected chi connectivity index (χ1v) is 8.51. The number of aromatic amines is 1. The molecule has 1 aromatic heterocycles. The summed E-state index contributed by atoms with van der Waals surface area (Å²) in [4.78, 5) is 29.6. The lowest BCUT2D eigenvalue weighted by Gasteiger charge is -2.15. The van der Waals surface area contributed by atoms with Gasteiger partial charge in [0.1, 0.15) is 5.82 Å². The van der Waals surface area contributed by atoms with Crippen LogP contribution < -0.4 is 5.32 Å². The van der Waals surface area contributed by atoms with Crippen molar-refractivity contribution in [2.24, 2.45) is 5.92 Å². The second kappa shape index (κ2) is 7.45. The Balaban J connectivity index is 1.84. The smallest absolute Gasteiger partial charge is 0.338 e. The summed E-state index contributed by atoms with van der Waals surface area (Å²) in [6, 6.07) is 3.18. The van der Waals surface area contributed by atoms with Gasteiger partial charge in [-0.25, -0.2) is 4.98 Å². The number of anilines is 1. The zero-order valence-electron chi connectivity index (χ0n) is 15.0. The summed E-state index contributed by atoms with van der Waals surface area (Å²) in [5.41, 5.74) is -0.798. The third-order valence-electron chi connectivity index (χ3n) is 4.43. The third-order valence-corrected chi connectivity index (χ3v) is 4.43. The van der Waals surface area contributed by atoms with E-state index in [4.69, 9.17) is 0 Å². The Morgan fingerprint density at radius 3 is 2.71 bits per heavy atom. The average molecular weight is 393 g/mol. The Hall–Kier alpha value is -3.17. The predicted molar refractivity (Wildman–Crippen MR) is 95.1 cm³/mol. The zero-order valence-corrected chi connectivity index (χ0v) is 15.0. The molecule has 0 radical (unpaired) electrons. The lowest BCUT2D eigenvalue weighted by molar-refractivity contribution is -0.137. The molecule has 2 heterocycles. The van der Waals surface area contributed by atoms with Gasteiger partial charge in [0.05, 0.1) is 11.5 Å². The topological polar surface area (TPSA) is 91.0 Å². The fraction of sp³-hybridized carbons (Fsp3) is 0.333. The van der Waals surface area contributed by atoms with E-state index in [0.717, 1.165) is 18.2 Å². The molecule has 1 aromatic carbocycles. The number of carbonyl (C=O) groups excluding carboxylic acids is 2. The molecule has 1 aliphatic heterocycles. The summed E-state index contributed by atoms with van der Waals surface area (Å²) in [5, 5.41) is 8.97. The number of likely N-dealkylation sites (tertiary alicyclic amines) is 1. The number of nitrogens with one attached hydrogen (secondary N) is 2. The number of halogens is 3. The highest BCUT2D eigenvalue weighted by atomic mass is 19.4. The molecule has 10 heteroatoms. The summed E-state index contributed by atoms with van der Waals surface area (Å²) in [5.74, 6) is -0.682. The van der Waals surface area contributed by atoms with Crippen LogP contribution in [0.5, 0.6) is 0 Å². The van der Waals surface area contributed by atoms with Crippen LogP contribution in [0.2, 0.25) is 0 Å². The van der Waals surface area contributed by atoms with Gasteiger partial charge in [-0.15, -0.1) is 0 Å². The number of aryl methyl sites for hydroxylation is 1. The van der Waals surface area contributed by atoms with Crippen LogP contribution in [0.4, 0.5) is 18.9 Å². The standard InChI is InChI=1S/C18H18F3N5O2/c1-3-15(27)26-5-4-11(9-26)17(28)23-14-7-12(16-22-10(2)24-25-16)6-13(8-14)18(19,20)21/h3,6-8,11H,1,4-5,9H2,2H3,(H,23,28)(H,22,24,25). The number of hydrogen-bond donors (Lipinski definition) is 2. The van der Waals surface area contributed by atoms with Crippen LogP contribution in [-0.2, 0) is 15.8 Å². The zero-order chi connectivity index (χ0) is 20.5. The van der Waals surface area contributed by atoms with Crippen molar-refractivity contribution in [2.75, 3.05) is 18.4 Å². The van der Waals surface area contributed by atoms with Gasteiger partial charge in [-0.2, -0.15) is 18.3 Å². The minimum atomic E-state index is -4.60. The van der Waals surface area contributed by atoms with Crippen LogP contribution in [0.15, 0.2) is 30.9 Å². The minimum Gasteiger partial charge on any atom is -0.338 e. The van der Waals surface area contributed by atoms with Crippen molar-refractivity contribution in [3.8, 4) is 11.4 Å². The molecule has 0 saturated carbocycles. The van der Waals surface area contributed by atoms with Crippen molar-refractivity contribution < 1.29 is 22.8 Å². The Morgan fingerprint density at radius 2 is 2.11 bits per heavy atom. The van der Waals surface area contributed by atoms with Gasteiger partial charge in [-0.3, -0.25) is 14.7 Å². The molecule has 1 atom stereocenters. The molecular weight excluding hydrogens is 375 g/mol. The van der Waals surface area contributed by atoms with E-state index in [0.29, 0.717) is 18.8 Å². The quantitative estimate of drug-likeness (QED) is 0.782. The molecule has 1 unspecified atom stereocenters. The number of benzene rings is 1. The van der Waals surface area contributed by atoms with Gasteiger partial charge in [-0.1, -0.05) is 6.58 Å². The summed E-state index contributed by atoms with van der Waals surface area (Å²) < 4.78 is 39.8. The maximum absolute atomic E-state index is 13.3. The number of alkyl halides is 3. The van der Waals surface area contributed by atoms with Crippen LogP contribution in [0, 0.1) is 12.8 Å². The van der Waals surface area contributed by atoms with Crippen LogP contribution in [-0.4, -0.2) is 45.0 Å². The summed E-state index contributed by atoms with van der Waals surface area (Å²) in [7, 11) is 0. The number of amides is 2. The number of carbonyl (C=O) groups is 2. The first kappa shape index (κ1) is 19.6.